The monoisotopic (exact) mass is 277 g/mol. The van der Waals surface area contributed by atoms with Crippen LogP contribution in [0.5, 0.6) is 0 Å². The lowest BCUT2D eigenvalue weighted by Crippen LogP contribution is -1.91. The molecule has 6 nitrogen and oxygen atoms in total. The average Bonchev–Trinajstić information content (AvgIpc) is 2.89. The molecular weight excluding hydrogens is 270 g/mol. The highest BCUT2D eigenvalue weighted by Gasteiger charge is 2.11. The van der Waals surface area contributed by atoms with E-state index < -0.39 is 4.92 Å². The Labute approximate surface area is 113 Å². The summed E-state index contributed by atoms with van der Waals surface area (Å²) in [6.07, 6.45) is 4.34. The van der Waals surface area contributed by atoms with Gasteiger partial charge in [-0.3, -0.25) is 10.1 Å². The van der Waals surface area contributed by atoms with Crippen molar-refractivity contribution in [2.45, 2.75) is 0 Å². The summed E-state index contributed by atoms with van der Waals surface area (Å²) in [7, 11) is 0. The molecule has 1 heterocycles. The molecule has 0 aliphatic heterocycles. The van der Waals surface area contributed by atoms with E-state index in [1.807, 2.05) is 0 Å². The van der Waals surface area contributed by atoms with Gasteiger partial charge in [-0.1, -0.05) is 17.7 Å². The van der Waals surface area contributed by atoms with Crippen molar-refractivity contribution in [3.63, 3.8) is 0 Å². The van der Waals surface area contributed by atoms with Crippen LogP contribution in [0, 0.1) is 10.1 Å². The van der Waals surface area contributed by atoms with E-state index in [9.17, 15) is 10.1 Å². The lowest BCUT2D eigenvalue weighted by Gasteiger charge is -1.95. The molecule has 0 spiro atoms. The van der Waals surface area contributed by atoms with Gasteiger partial charge in [0.05, 0.1) is 23.6 Å². The van der Waals surface area contributed by atoms with Crippen molar-refractivity contribution in [1.82, 2.24) is 0 Å². The summed E-state index contributed by atoms with van der Waals surface area (Å²) in [5.74, 6) is 0.569. The normalized spacial score (nSPS) is 11.4. The Morgan fingerprint density at radius 2 is 2.05 bits per heavy atom. The van der Waals surface area contributed by atoms with Crippen molar-refractivity contribution in [2.24, 2.45) is 10.2 Å². The first-order chi connectivity index (χ1) is 9.16. The summed E-state index contributed by atoms with van der Waals surface area (Å²) in [6.45, 7) is 0. The molecule has 0 aliphatic rings. The predicted octanol–water partition coefficient (Wildman–Crippen LogP) is 3.29. The van der Waals surface area contributed by atoms with Crippen LogP contribution in [-0.2, 0) is 0 Å². The Morgan fingerprint density at radius 3 is 2.74 bits per heavy atom. The van der Waals surface area contributed by atoms with Gasteiger partial charge in [-0.05, 0) is 18.2 Å². The smallest absolute Gasteiger partial charge is 0.288 e. The van der Waals surface area contributed by atoms with Crippen LogP contribution in [0.1, 0.15) is 11.3 Å². The highest BCUT2D eigenvalue weighted by atomic mass is 35.5. The van der Waals surface area contributed by atoms with Gasteiger partial charge in [-0.25, -0.2) is 0 Å². The van der Waals surface area contributed by atoms with Crippen LogP contribution in [-0.4, -0.2) is 17.4 Å². The molecule has 0 unspecified atom stereocenters. The van der Waals surface area contributed by atoms with E-state index in [2.05, 4.69) is 10.2 Å². The van der Waals surface area contributed by atoms with Crippen molar-refractivity contribution >= 4 is 29.7 Å². The molecule has 0 N–H and O–H groups in total. The van der Waals surface area contributed by atoms with Crippen molar-refractivity contribution in [2.75, 3.05) is 0 Å². The molecule has 19 heavy (non-hydrogen) atoms. The average molecular weight is 278 g/mol. The summed E-state index contributed by atoms with van der Waals surface area (Å²) in [5.41, 5.74) is 0.369. The fraction of sp³-hybridized carbons (Fsp3) is 0. The van der Waals surface area contributed by atoms with Crippen LogP contribution in [0.25, 0.3) is 0 Å². The van der Waals surface area contributed by atoms with Gasteiger partial charge in [-0.15, -0.1) is 0 Å². The van der Waals surface area contributed by atoms with Gasteiger partial charge in [-0.2, -0.15) is 10.2 Å². The molecule has 0 bridgehead atoms. The molecular formula is C12H8ClN3O3. The zero-order valence-electron chi connectivity index (χ0n) is 9.56. The quantitative estimate of drug-likeness (QED) is 0.488. The molecule has 0 radical (unpaired) electrons. The first kappa shape index (κ1) is 13.0. The van der Waals surface area contributed by atoms with E-state index in [-0.39, 0.29) is 10.7 Å². The van der Waals surface area contributed by atoms with E-state index in [1.165, 1.54) is 30.8 Å². The fourth-order valence-electron chi connectivity index (χ4n) is 1.30. The molecule has 2 aromatic rings. The zero-order valence-corrected chi connectivity index (χ0v) is 10.3. The summed E-state index contributed by atoms with van der Waals surface area (Å²) >= 11 is 5.69. The van der Waals surface area contributed by atoms with Crippen LogP contribution in [0.2, 0.25) is 5.02 Å². The number of rotatable bonds is 4. The molecule has 2 rings (SSSR count). The van der Waals surface area contributed by atoms with Crippen LogP contribution < -0.4 is 0 Å². The summed E-state index contributed by atoms with van der Waals surface area (Å²) in [6, 6.07) is 7.84. The molecule has 7 heteroatoms. The van der Waals surface area contributed by atoms with Gasteiger partial charge in [0.1, 0.15) is 10.8 Å². The van der Waals surface area contributed by atoms with Crippen molar-refractivity contribution in [1.29, 1.82) is 0 Å². The molecule has 1 aromatic heterocycles. The first-order valence-corrected chi connectivity index (χ1v) is 5.58. The third-order valence-corrected chi connectivity index (χ3v) is 2.49. The van der Waals surface area contributed by atoms with Crippen molar-refractivity contribution in [3.8, 4) is 0 Å². The highest BCUT2D eigenvalue weighted by molar-refractivity contribution is 6.32. The summed E-state index contributed by atoms with van der Waals surface area (Å²) in [4.78, 5) is 10.1. The molecule has 0 saturated heterocycles. The number of hydrogen-bond donors (Lipinski definition) is 0. The number of nitrogens with zero attached hydrogens (tertiary/aromatic N) is 3. The Kier molecular flexibility index (Phi) is 4.04. The third kappa shape index (κ3) is 3.49. The fourth-order valence-corrected chi connectivity index (χ4v) is 1.49. The first-order valence-electron chi connectivity index (χ1n) is 5.20. The number of nitro benzene ring substituents is 1. The molecule has 0 amide bonds. The number of hydrogen-bond acceptors (Lipinski definition) is 5. The van der Waals surface area contributed by atoms with Crippen LogP contribution in [0.15, 0.2) is 51.2 Å². The topological polar surface area (TPSA) is 81.0 Å². The van der Waals surface area contributed by atoms with Gasteiger partial charge in [0, 0.05) is 11.6 Å². The van der Waals surface area contributed by atoms with Gasteiger partial charge < -0.3 is 4.42 Å². The van der Waals surface area contributed by atoms with E-state index in [0.29, 0.717) is 11.3 Å². The second-order valence-electron chi connectivity index (χ2n) is 3.47. The third-order valence-electron chi connectivity index (χ3n) is 2.17. The molecule has 0 fully saturated rings. The molecule has 0 atom stereocenters. The van der Waals surface area contributed by atoms with E-state index >= 15 is 0 Å². The van der Waals surface area contributed by atoms with Gasteiger partial charge >= 0.3 is 0 Å². The number of halogens is 1. The molecule has 0 saturated carbocycles. The number of benzene rings is 1. The second-order valence-corrected chi connectivity index (χ2v) is 3.88. The largest absolute Gasteiger partial charge is 0.463 e. The minimum atomic E-state index is -0.550. The van der Waals surface area contributed by atoms with Crippen LogP contribution in [0.3, 0.4) is 0 Å². The Bertz CT molecular complexity index is 636. The summed E-state index contributed by atoms with van der Waals surface area (Å²) < 4.78 is 5.02. The second kappa shape index (κ2) is 5.92. The maximum Gasteiger partial charge on any atom is 0.288 e. The van der Waals surface area contributed by atoms with Gasteiger partial charge in [0.2, 0.25) is 0 Å². The van der Waals surface area contributed by atoms with Crippen LogP contribution in [0.4, 0.5) is 5.69 Å². The zero-order chi connectivity index (χ0) is 13.7. The van der Waals surface area contributed by atoms with Gasteiger partial charge in [0.15, 0.2) is 0 Å². The van der Waals surface area contributed by atoms with Crippen molar-refractivity contribution in [3.05, 3.63) is 63.1 Å². The van der Waals surface area contributed by atoms with E-state index in [1.54, 1.807) is 18.2 Å². The number of nitro groups is 1. The Morgan fingerprint density at radius 1 is 1.26 bits per heavy atom. The lowest BCUT2D eigenvalue weighted by molar-refractivity contribution is -0.384. The Hall–Kier alpha value is -2.47. The van der Waals surface area contributed by atoms with E-state index in [4.69, 9.17) is 16.0 Å². The van der Waals surface area contributed by atoms with E-state index in [0.717, 1.165) is 0 Å². The Balaban J connectivity index is 2.11. The SMILES string of the molecule is O=[N+]([O-])c1cc(C=NN=Cc2ccco2)ccc1Cl. The predicted molar refractivity (Wildman–Crippen MR) is 72.0 cm³/mol. The minimum Gasteiger partial charge on any atom is -0.463 e. The highest BCUT2D eigenvalue weighted by Crippen LogP contribution is 2.24. The van der Waals surface area contributed by atoms with Crippen molar-refractivity contribution < 1.29 is 9.34 Å². The molecule has 1 aromatic carbocycles. The maximum absolute atomic E-state index is 10.7. The minimum absolute atomic E-state index is 0.0845. The molecule has 96 valence electrons. The lowest BCUT2D eigenvalue weighted by atomic mass is 10.2. The van der Waals surface area contributed by atoms with Gasteiger partial charge in [0.25, 0.3) is 5.69 Å². The standard InChI is InChI=1S/C12H8ClN3O3/c13-11-4-3-9(6-12(11)16(17)18)7-14-15-8-10-2-1-5-19-10/h1-8H. The summed E-state index contributed by atoms with van der Waals surface area (Å²) in [5, 5.41) is 18.3. The number of furan rings is 1. The maximum atomic E-state index is 10.7. The van der Waals surface area contributed by atoms with Crippen LogP contribution >= 0.6 is 11.6 Å². The molecule has 0 aliphatic carbocycles.